The molecule has 1 unspecified atom stereocenters. The number of nitrogens with one attached hydrogen (secondary N) is 2. The maximum Gasteiger partial charge on any atom is 0.191 e. The summed E-state index contributed by atoms with van der Waals surface area (Å²) in [5, 5.41) is 6.92. The third kappa shape index (κ3) is 5.74. The number of aliphatic imine (C=N–C) groups is 1. The summed E-state index contributed by atoms with van der Waals surface area (Å²) >= 11 is 0. The van der Waals surface area contributed by atoms with Crippen LogP contribution in [-0.2, 0) is 15.9 Å². The van der Waals surface area contributed by atoms with Gasteiger partial charge in [-0.3, -0.25) is 4.99 Å². The van der Waals surface area contributed by atoms with Gasteiger partial charge in [-0.1, -0.05) is 6.42 Å². The summed E-state index contributed by atoms with van der Waals surface area (Å²) in [6.45, 7) is 4.18. The molecule has 0 radical (unpaired) electrons. The van der Waals surface area contributed by atoms with Crippen molar-refractivity contribution in [3.8, 4) is 0 Å². The topological polar surface area (TPSA) is 68.0 Å². The van der Waals surface area contributed by atoms with Gasteiger partial charge in [-0.05, 0) is 49.7 Å². The maximum atomic E-state index is 5.72. The highest BCUT2D eigenvalue weighted by atomic mass is 16.5. The first-order valence-electron chi connectivity index (χ1n) is 9.95. The number of methoxy groups -OCH3 is 1. The molecule has 0 aromatic carbocycles. The van der Waals surface area contributed by atoms with Crippen LogP contribution in [0.3, 0.4) is 0 Å². The predicted octanol–water partition coefficient (Wildman–Crippen LogP) is 2.74. The Balaban J connectivity index is 1.51. The molecule has 2 fully saturated rings. The Morgan fingerprint density at radius 1 is 1.35 bits per heavy atom. The van der Waals surface area contributed by atoms with E-state index in [-0.39, 0.29) is 0 Å². The maximum absolute atomic E-state index is 5.72. The van der Waals surface area contributed by atoms with Gasteiger partial charge in [-0.25, -0.2) is 0 Å². The second kappa shape index (κ2) is 9.97. The lowest BCUT2D eigenvalue weighted by atomic mass is 9.67. The van der Waals surface area contributed by atoms with Crippen LogP contribution >= 0.6 is 0 Å². The fourth-order valence-electron chi connectivity index (χ4n) is 3.68. The van der Waals surface area contributed by atoms with E-state index in [9.17, 15) is 0 Å². The van der Waals surface area contributed by atoms with Crippen molar-refractivity contribution in [3.05, 3.63) is 24.2 Å². The van der Waals surface area contributed by atoms with Gasteiger partial charge in [-0.2, -0.15) is 0 Å². The van der Waals surface area contributed by atoms with Gasteiger partial charge in [0.25, 0.3) is 0 Å². The van der Waals surface area contributed by atoms with Gasteiger partial charge < -0.3 is 24.5 Å². The van der Waals surface area contributed by atoms with Gasteiger partial charge in [-0.15, -0.1) is 0 Å². The minimum atomic E-state index is 0.304. The van der Waals surface area contributed by atoms with Crippen molar-refractivity contribution in [2.75, 3.05) is 40.0 Å². The lowest BCUT2D eigenvalue weighted by Crippen LogP contribution is -2.43. The highest BCUT2D eigenvalue weighted by Crippen LogP contribution is 2.44. The van der Waals surface area contributed by atoms with Crippen LogP contribution in [0.25, 0.3) is 0 Å². The highest BCUT2D eigenvalue weighted by molar-refractivity contribution is 5.79. The number of rotatable bonds is 10. The molecular formula is C20H33N3O3. The van der Waals surface area contributed by atoms with Crippen molar-refractivity contribution in [1.82, 2.24) is 10.6 Å². The molecule has 3 rings (SSSR count). The Bertz CT molecular complexity index is 535. The van der Waals surface area contributed by atoms with Crippen molar-refractivity contribution in [2.24, 2.45) is 10.4 Å². The molecule has 0 bridgehead atoms. The van der Waals surface area contributed by atoms with Crippen LogP contribution in [-0.4, -0.2) is 52.0 Å². The van der Waals surface area contributed by atoms with Gasteiger partial charge in [0.2, 0.25) is 0 Å². The molecule has 1 atom stereocenters. The van der Waals surface area contributed by atoms with Gasteiger partial charge in [0.05, 0.1) is 12.4 Å². The average Bonchev–Trinajstić information content (AvgIpc) is 3.31. The summed E-state index contributed by atoms with van der Waals surface area (Å²) < 4.78 is 16.4. The van der Waals surface area contributed by atoms with Crippen LogP contribution in [0.15, 0.2) is 27.8 Å². The smallest absolute Gasteiger partial charge is 0.191 e. The van der Waals surface area contributed by atoms with Crippen LogP contribution < -0.4 is 10.6 Å². The number of ether oxygens (including phenoxy) is 2. The molecule has 2 heterocycles. The summed E-state index contributed by atoms with van der Waals surface area (Å²) in [7, 11) is 1.78. The molecule has 2 aliphatic rings. The summed E-state index contributed by atoms with van der Waals surface area (Å²) in [4.78, 5) is 4.90. The fourth-order valence-corrected chi connectivity index (χ4v) is 3.68. The van der Waals surface area contributed by atoms with E-state index in [2.05, 4.69) is 10.6 Å². The van der Waals surface area contributed by atoms with Crippen LogP contribution in [0.5, 0.6) is 0 Å². The Kier molecular flexibility index (Phi) is 7.38. The zero-order valence-electron chi connectivity index (χ0n) is 16.0. The first-order chi connectivity index (χ1) is 12.8. The van der Waals surface area contributed by atoms with Crippen molar-refractivity contribution >= 4 is 5.96 Å². The molecule has 1 aromatic rings. The van der Waals surface area contributed by atoms with Gasteiger partial charge >= 0.3 is 0 Å². The van der Waals surface area contributed by atoms with Crippen molar-refractivity contribution in [3.63, 3.8) is 0 Å². The second-order valence-electron chi connectivity index (χ2n) is 7.53. The van der Waals surface area contributed by atoms with Crippen LogP contribution in [0, 0.1) is 5.41 Å². The molecule has 1 saturated carbocycles. The minimum absolute atomic E-state index is 0.304. The lowest BCUT2D eigenvalue weighted by molar-refractivity contribution is 0.0778. The zero-order chi connectivity index (χ0) is 18.1. The largest absolute Gasteiger partial charge is 0.469 e. The fraction of sp³-hybridized carbons (Fsp3) is 0.750. The van der Waals surface area contributed by atoms with E-state index >= 15 is 0 Å². The Labute approximate surface area is 156 Å². The van der Waals surface area contributed by atoms with E-state index in [4.69, 9.17) is 18.9 Å². The van der Waals surface area contributed by atoms with Crippen LogP contribution in [0.1, 0.15) is 44.3 Å². The molecule has 0 amide bonds. The predicted molar refractivity (Wildman–Crippen MR) is 102 cm³/mol. The number of hydrogen-bond donors (Lipinski definition) is 2. The van der Waals surface area contributed by atoms with Crippen molar-refractivity contribution in [2.45, 2.75) is 51.0 Å². The van der Waals surface area contributed by atoms with Gasteiger partial charge in [0.1, 0.15) is 5.76 Å². The molecule has 26 heavy (non-hydrogen) atoms. The number of nitrogens with zero attached hydrogens (tertiary/aromatic N) is 1. The molecule has 1 saturated heterocycles. The average molecular weight is 364 g/mol. The van der Waals surface area contributed by atoms with Crippen molar-refractivity contribution < 1.29 is 13.9 Å². The Hall–Kier alpha value is -1.53. The van der Waals surface area contributed by atoms with Gasteiger partial charge in [0, 0.05) is 46.4 Å². The van der Waals surface area contributed by atoms with Crippen LogP contribution in [0.4, 0.5) is 0 Å². The Morgan fingerprint density at radius 3 is 2.92 bits per heavy atom. The molecule has 1 aliphatic carbocycles. The molecular weight excluding hydrogens is 330 g/mol. The molecule has 0 spiro atoms. The standard InChI is InChI=1S/C20H33N3O3/c1-24-14-10-20(8-4-9-20)16-23-19(22-15-18-6-3-13-26-18)21-11-7-17-5-2-12-25-17/h2,5,12,18H,3-4,6-11,13-16H2,1H3,(H2,21,22,23). The Morgan fingerprint density at radius 2 is 2.27 bits per heavy atom. The number of furan rings is 1. The second-order valence-corrected chi connectivity index (χ2v) is 7.53. The molecule has 2 N–H and O–H groups in total. The first-order valence-corrected chi connectivity index (χ1v) is 9.95. The zero-order valence-corrected chi connectivity index (χ0v) is 16.0. The SMILES string of the molecule is COCCC1(CN=C(NCCc2ccco2)NCC2CCCO2)CCC1. The minimum Gasteiger partial charge on any atom is -0.469 e. The third-order valence-electron chi connectivity index (χ3n) is 5.59. The van der Waals surface area contributed by atoms with E-state index < -0.39 is 0 Å². The first kappa shape index (κ1) is 19.2. The summed E-state index contributed by atoms with van der Waals surface area (Å²) in [6, 6.07) is 3.93. The normalized spacial score (nSPS) is 22.2. The molecule has 1 aliphatic heterocycles. The monoisotopic (exact) mass is 363 g/mol. The van der Waals surface area contributed by atoms with Gasteiger partial charge in [0.15, 0.2) is 5.96 Å². The molecule has 1 aromatic heterocycles. The summed E-state index contributed by atoms with van der Waals surface area (Å²) in [5.41, 5.74) is 0.329. The molecule has 6 nitrogen and oxygen atoms in total. The van der Waals surface area contributed by atoms with Crippen molar-refractivity contribution in [1.29, 1.82) is 0 Å². The molecule has 6 heteroatoms. The van der Waals surface area contributed by atoms with Crippen LogP contribution in [0.2, 0.25) is 0 Å². The summed E-state index contributed by atoms with van der Waals surface area (Å²) in [5.74, 6) is 1.88. The number of guanidine groups is 1. The summed E-state index contributed by atoms with van der Waals surface area (Å²) in [6.07, 6.45) is 10.1. The van der Waals surface area contributed by atoms with E-state index in [1.807, 2.05) is 12.1 Å². The van der Waals surface area contributed by atoms with E-state index in [0.29, 0.717) is 11.5 Å². The quantitative estimate of drug-likeness (QED) is 0.494. The highest BCUT2D eigenvalue weighted by Gasteiger charge is 2.36. The van der Waals surface area contributed by atoms with E-state index in [0.717, 1.165) is 70.3 Å². The lowest BCUT2D eigenvalue weighted by Gasteiger charge is -2.40. The molecule has 146 valence electrons. The third-order valence-corrected chi connectivity index (χ3v) is 5.59. The van der Waals surface area contributed by atoms with E-state index in [1.165, 1.54) is 19.3 Å². The number of hydrogen-bond acceptors (Lipinski definition) is 4. The van der Waals surface area contributed by atoms with E-state index in [1.54, 1.807) is 13.4 Å².